The van der Waals surface area contributed by atoms with Gasteiger partial charge < -0.3 is 19.1 Å². The highest BCUT2D eigenvalue weighted by Gasteiger charge is 2.56. The zero-order valence-corrected chi connectivity index (χ0v) is 21.4. The molecule has 1 aliphatic heterocycles. The summed E-state index contributed by atoms with van der Waals surface area (Å²) in [7, 11) is -3.33. The largest absolute Gasteiger partial charge is 0.468 e. The number of hydrogen-bond acceptors (Lipinski definition) is 9. The number of esters is 1. The molecule has 38 heavy (non-hydrogen) atoms. The first-order chi connectivity index (χ1) is 18.8. The second-order valence-electron chi connectivity index (χ2n) is 8.72. The predicted molar refractivity (Wildman–Crippen MR) is 134 cm³/mol. The van der Waals surface area contributed by atoms with Gasteiger partial charge in [0.2, 0.25) is 0 Å². The standard InChI is InChI=1S/C24H27FN3O9P/c1-14(21(31)34-3)27-38(33,37-17-10-6-8-15-7-4-5-9-16(15)17)35-13-18-20(30)24(2,25)22(36-18)28-12-11-19(29)26-23(28)32/h4-12,14,18,20,22,30H,13H2,1-3H3,(H,27,33)(H,26,29,32)/t14?,18-,20-,22-,24-,38?/m1/s1/i11D,12D. The molecule has 1 aliphatic rings. The van der Waals surface area contributed by atoms with Crippen molar-refractivity contribution >= 4 is 24.5 Å². The summed E-state index contributed by atoms with van der Waals surface area (Å²) in [6.07, 6.45) is -6.42. The summed E-state index contributed by atoms with van der Waals surface area (Å²) in [6.45, 7) is 1.48. The van der Waals surface area contributed by atoms with E-state index in [-0.39, 0.29) is 5.75 Å². The van der Waals surface area contributed by atoms with Crippen LogP contribution in [0.25, 0.3) is 10.8 Å². The number of aliphatic hydroxyl groups excluding tert-OH is 1. The maximum Gasteiger partial charge on any atom is 0.459 e. The van der Waals surface area contributed by atoms with Crippen molar-refractivity contribution in [2.24, 2.45) is 0 Å². The van der Waals surface area contributed by atoms with Crippen LogP contribution in [-0.2, 0) is 23.4 Å². The lowest BCUT2D eigenvalue weighted by Gasteiger charge is -2.25. The summed E-state index contributed by atoms with van der Waals surface area (Å²) in [5.74, 6) is -0.653. The van der Waals surface area contributed by atoms with Crippen molar-refractivity contribution in [2.45, 2.75) is 44.0 Å². The second-order valence-corrected chi connectivity index (χ2v) is 10.4. The van der Waals surface area contributed by atoms with E-state index in [0.29, 0.717) is 9.95 Å². The lowest BCUT2D eigenvalue weighted by molar-refractivity contribution is -0.142. The van der Waals surface area contributed by atoms with Gasteiger partial charge in [0.1, 0.15) is 24.0 Å². The average molecular weight is 553 g/mol. The van der Waals surface area contributed by atoms with Gasteiger partial charge in [-0.1, -0.05) is 36.4 Å². The second kappa shape index (κ2) is 10.8. The Hall–Kier alpha value is -3.35. The number of halogens is 1. The number of nitrogens with one attached hydrogen (secondary N) is 2. The normalized spacial score (nSPS) is 26.3. The van der Waals surface area contributed by atoms with Gasteiger partial charge in [0.25, 0.3) is 5.56 Å². The minimum Gasteiger partial charge on any atom is -0.468 e. The molecule has 3 aromatic rings. The van der Waals surface area contributed by atoms with Crippen molar-refractivity contribution in [1.29, 1.82) is 0 Å². The highest BCUT2D eigenvalue weighted by molar-refractivity contribution is 7.52. The van der Waals surface area contributed by atoms with Gasteiger partial charge in [-0.2, -0.15) is 5.09 Å². The molecule has 4 rings (SSSR count). The predicted octanol–water partition coefficient (Wildman–Crippen LogP) is 2.03. The van der Waals surface area contributed by atoms with Crippen LogP contribution in [0.5, 0.6) is 5.75 Å². The maximum atomic E-state index is 15.7. The number of carbonyl (C=O) groups is 1. The molecule has 12 nitrogen and oxygen atoms in total. The number of alkyl halides is 1. The summed E-state index contributed by atoms with van der Waals surface area (Å²) in [5.41, 5.74) is -5.10. The molecule has 0 aliphatic carbocycles. The quantitative estimate of drug-likeness (QED) is 0.264. The van der Waals surface area contributed by atoms with Crippen LogP contribution in [0.1, 0.15) is 22.8 Å². The van der Waals surface area contributed by atoms with E-state index in [2.05, 4.69) is 9.82 Å². The molecule has 2 aromatic carbocycles. The fourth-order valence-corrected chi connectivity index (χ4v) is 5.50. The third-order valence-electron chi connectivity index (χ3n) is 5.96. The zero-order valence-electron chi connectivity index (χ0n) is 22.5. The van der Waals surface area contributed by atoms with Gasteiger partial charge in [-0.3, -0.25) is 23.7 Å². The molecule has 204 valence electrons. The first-order valence-electron chi connectivity index (χ1n) is 12.4. The minimum atomic E-state index is -4.46. The Labute approximate surface area is 218 Å². The first-order valence-corrected chi connectivity index (χ1v) is 13.0. The third kappa shape index (κ3) is 5.57. The monoisotopic (exact) mass is 553 g/mol. The van der Waals surface area contributed by atoms with Gasteiger partial charge in [-0.25, -0.2) is 13.8 Å². The van der Waals surface area contributed by atoms with Crippen LogP contribution in [-0.4, -0.2) is 58.3 Å². The number of hydrogen-bond donors (Lipinski definition) is 3. The molecule has 1 saturated heterocycles. The van der Waals surface area contributed by atoms with Crippen molar-refractivity contribution in [3.05, 3.63) is 75.5 Å². The van der Waals surface area contributed by atoms with Gasteiger partial charge in [0, 0.05) is 17.6 Å². The minimum absolute atomic E-state index is 0.133. The highest BCUT2D eigenvalue weighted by atomic mass is 31.2. The summed E-state index contributed by atoms with van der Waals surface area (Å²) < 4.78 is 67.0. The van der Waals surface area contributed by atoms with Crippen LogP contribution >= 0.6 is 7.75 Å². The molecule has 2 heterocycles. The molecule has 2 unspecified atom stereocenters. The molecule has 0 amide bonds. The molecule has 0 bridgehead atoms. The summed E-state index contributed by atoms with van der Waals surface area (Å²) >= 11 is 0. The van der Waals surface area contributed by atoms with Gasteiger partial charge in [0.15, 0.2) is 11.9 Å². The van der Waals surface area contributed by atoms with E-state index in [1.807, 2.05) is 0 Å². The Morgan fingerprint density at radius 1 is 1.34 bits per heavy atom. The van der Waals surface area contributed by atoms with Gasteiger partial charge in [-0.05, 0) is 25.3 Å². The number of nitrogens with zero attached hydrogens (tertiary/aromatic N) is 1. The lowest BCUT2D eigenvalue weighted by Crippen LogP contribution is -2.43. The number of H-pyrrole nitrogens is 1. The Bertz CT molecular complexity index is 1590. The molecule has 1 fully saturated rings. The molecule has 14 heteroatoms. The van der Waals surface area contributed by atoms with Crippen LogP contribution in [0.2, 0.25) is 0 Å². The summed E-state index contributed by atoms with van der Waals surface area (Å²) in [6, 6.07) is 9.91. The molecule has 6 atom stereocenters. The molecule has 0 saturated carbocycles. The van der Waals surface area contributed by atoms with E-state index in [1.165, 1.54) is 13.0 Å². The average Bonchev–Trinajstić information content (AvgIpc) is 3.14. The Morgan fingerprint density at radius 3 is 2.79 bits per heavy atom. The number of ether oxygens (including phenoxy) is 2. The van der Waals surface area contributed by atoms with E-state index in [9.17, 15) is 24.1 Å². The van der Waals surface area contributed by atoms with Crippen LogP contribution in [0, 0.1) is 0 Å². The van der Waals surface area contributed by atoms with Crippen LogP contribution in [0.3, 0.4) is 0 Å². The number of benzene rings is 2. The van der Waals surface area contributed by atoms with Crippen molar-refractivity contribution in [3.8, 4) is 5.75 Å². The number of fused-ring (bicyclic) bond motifs is 1. The van der Waals surface area contributed by atoms with E-state index in [1.54, 1.807) is 41.4 Å². The number of aromatic amines is 1. The summed E-state index contributed by atoms with van der Waals surface area (Å²) in [5, 5.41) is 14.5. The van der Waals surface area contributed by atoms with Crippen molar-refractivity contribution in [1.82, 2.24) is 14.6 Å². The van der Waals surface area contributed by atoms with E-state index in [0.717, 1.165) is 19.4 Å². The maximum absolute atomic E-state index is 15.7. The van der Waals surface area contributed by atoms with Crippen molar-refractivity contribution in [3.63, 3.8) is 0 Å². The Balaban J connectivity index is 1.63. The van der Waals surface area contributed by atoms with Crippen LogP contribution < -0.4 is 20.9 Å². The van der Waals surface area contributed by atoms with E-state index in [4.69, 9.17) is 16.5 Å². The number of rotatable bonds is 9. The van der Waals surface area contributed by atoms with E-state index >= 15 is 4.39 Å². The van der Waals surface area contributed by atoms with Crippen molar-refractivity contribution < 1.29 is 40.1 Å². The van der Waals surface area contributed by atoms with Crippen LogP contribution in [0.4, 0.5) is 4.39 Å². The Kier molecular flexibility index (Phi) is 7.09. The number of carbonyl (C=O) groups excluding carboxylic acids is 1. The number of methoxy groups -OCH3 is 1. The molecular formula is C24H27FN3O9P. The topological polar surface area (TPSA) is 158 Å². The fourth-order valence-electron chi connectivity index (χ4n) is 3.97. The highest BCUT2D eigenvalue weighted by Crippen LogP contribution is 2.48. The number of aliphatic hydroxyl groups is 1. The first kappa shape index (κ1) is 25.0. The van der Waals surface area contributed by atoms with Crippen molar-refractivity contribution in [2.75, 3.05) is 13.7 Å². The van der Waals surface area contributed by atoms with Gasteiger partial charge >= 0.3 is 19.4 Å². The molecule has 0 spiro atoms. The van der Waals surface area contributed by atoms with E-state index < -0.39 is 73.9 Å². The molecule has 0 radical (unpaired) electrons. The molecular weight excluding hydrogens is 524 g/mol. The third-order valence-corrected chi connectivity index (χ3v) is 7.59. The SMILES string of the molecule is [2H]c1c([2H])n([C@@H]2O[C@H](COP(=O)(NC(C)C(=O)OC)Oc3cccc4ccccc34)[C@@H](O)[C@@]2(C)F)c(=O)[nH]c1=O. The zero-order chi connectivity index (χ0) is 29.4. The summed E-state index contributed by atoms with van der Waals surface area (Å²) in [4.78, 5) is 37.9. The Morgan fingerprint density at radius 2 is 2.05 bits per heavy atom. The molecule has 1 aromatic heterocycles. The van der Waals surface area contributed by atoms with Gasteiger partial charge in [-0.15, -0.1) is 0 Å². The van der Waals surface area contributed by atoms with Crippen LogP contribution in [0.15, 0.2) is 64.3 Å². The smallest absolute Gasteiger partial charge is 0.459 e. The van der Waals surface area contributed by atoms with Gasteiger partial charge in [0.05, 0.1) is 16.5 Å². The number of aromatic nitrogens is 2. The fraction of sp³-hybridized carbons (Fsp3) is 0.375. The molecule has 3 N–H and O–H groups in total. The lowest BCUT2D eigenvalue weighted by atomic mass is 9.98.